The average Bonchev–Trinajstić information content (AvgIpc) is 2.87. The van der Waals surface area contributed by atoms with Gasteiger partial charge in [0.15, 0.2) is 5.96 Å². The van der Waals surface area contributed by atoms with Crippen molar-refractivity contribution in [1.29, 1.82) is 0 Å². The van der Waals surface area contributed by atoms with Gasteiger partial charge in [-0.25, -0.2) is 4.39 Å². The first-order valence-corrected chi connectivity index (χ1v) is 8.68. The van der Waals surface area contributed by atoms with Crippen molar-refractivity contribution in [2.75, 3.05) is 13.6 Å². The Hall–Kier alpha value is -1.16. The summed E-state index contributed by atoms with van der Waals surface area (Å²) < 4.78 is 16.6. The number of nitrogens with zero attached hydrogens (tertiary/aromatic N) is 3. The lowest BCUT2D eigenvalue weighted by molar-refractivity contribution is 0.554. The van der Waals surface area contributed by atoms with Crippen molar-refractivity contribution in [3.05, 3.63) is 51.5 Å². The van der Waals surface area contributed by atoms with Crippen LogP contribution in [0.5, 0.6) is 0 Å². The van der Waals surface area contributed by atoms with Crippen molar-refractivity contribution in [3.8, 4) is 0 Å². The molecule has 2 rings (SSSR count). The highest BCUT2D eigenvalue weighted by molar-refractivity contribution is 14.0. The third kappa shape index (κ3) is 6.93. The second-order valence-corrected chi connectivity index (χ2v) is 6.51. The van der Waals surface area contributed by atoms with Crippen molar-refractivity contribution >= 4 is 45.9 Å². The van der Waals surface area contributed by atoms with Crippen LogP contribution in [0.1, 0.15) is 23.4 Å². The Kier molecular flexibility index (Phi) is 9.41. The topological polar surface area (TPSA) is 54.2 Å². The van der Waals surface area contributed by atoms with E-state index < -0.39 is 0 Å². The van der Waals surface area contributed by atoms with Gasteiger partial charge in [-0.15, -0.1) is 24.0 Å². The summed E-state index contributed by atoms with van der Waals surface area (Å²) in [4.78, 5) is 4.16. The van der Waals surface area contributed by atoms with Crippen LogP contribution in [-0.2, 0) is 13.1 Å². The molecule has 0 aliphatic rings. The van der Waals surface area contributed by atoms with Crippen molar-refractivity contribution < 1.29 is 4.39 Å². The first kappa shape index (κ1) is 21.9. The molecule has 0 radical (unpaired) electrons. The van der Waals surface area contributed by atoms with Crippen molar-refractivity contribution in [1.82, 2.24) is 20.4 Å². The minimum atomic E-state index is -0.231. The molecular weight excluding hydrogens is 500 g/mol. The third-order valence-electron chi connectivity index (χ3n) is 3.62. The molecule has 0 amide bonds. The molecule has 5 nitrogen and oxygen atoms in total. The first-order chi connectivity index (χ1) is 11.5. The van der Waals surface area contributed by atoms with E-state index >= 15 is 0 Å². The van der Waals surface area contributed by atoms with Crippen LogP contribution in [0.15, 0.2) is 33.7 Å². The zero-order valence-corrected chi connectivity index (χ0v) is 18.6. The van der Waals surface area contributed by atoms with E-state index in [4.69, 9.17) is 0 Å². The highest BCUT2D eigenvalue weighted by Gasteiger charge is 2.05. The van der Waals surface area contributed by atoms with Gasteiger partial charge in [0.25, 0.3) is 0 Å². The van der Waals surface area contributed by atoms with Gasteiger partial charge in [0.05, 0.1) is 5.69 Å². The Morgan fingerprint density at radius 1 is 1.28 bits per heavy atom. The van der Waals surface area contributed by atoms with Crippen LogP contribution in [0.25, 0.3) is 0 Å². The summed E-state index contributed by atoms with van der Waals surface area (Å²) in [7, 11) is 1.70. The summed E-state index contributed by atoms with van der Waals surface area (Å²) in [5.74, 6) is 0.424. The molecule has 0 aliphatic heterocycles. The van der Waals surface area contributed by atoms with Crippen LogP contribution in [0.2, 0.25) is 0 Å². The number of aryl methyl sites for hydroxylation is 3. The molecule has 2 aromatic rings. The van der Waals surface area contributed by atoms with Gasteiger partial charge in [0.1, 0.15) is 5.82 Å². The maximum atomic E-state index is 13.7. The first-order valence-electron chi connectivity index (χ1n) is 7.89. The number of rotatable bonds is 6. The molecule has 0 saturated carbocycles. The molecule has 0 fully saturated rings. The third-order valence-corrected chi connectivity index (χ3v) is 4.11. The van der Waals surface area contributed by atoms with Crippen molar-refractivity contribution in [2.45, 2.75) is 33.4 Å². The van der Waals surface area contributed by atoms with Gasteiger partial charge in [-0.05, 0) is 44.5 Å². The number of guanidine groups is 1. The van der Waals surface area contributed by atoms with E-state index in [0.29, 0.717) is 18.1 Å². The second-order valence-electron chi connectivity index (χ2n) is 5.59. The summed E-state index contributed by atoms with van der Waals surface area (Å²) in [6.07, 6.45) is 0.925. The lowest BCUT2D eigenvalue weighted by Gasteiger charge is -2.13. The van der Waals surface area contributed by atoms with Gasteiger partial charge in [0, 0.05) is 42.4 Å². The maximum absolute atomic E-state index is 13.7. The maximum Gasteiger partial charge on any atom is 0.191 e. The van der Waals surface area contributed by atoms with E-state index in [1.54, 1.807) is 19.2 Å². The molecule has 25 heavy (non-hydrogen) atoms. The highest BCUT2D eigenvalue weighted by Crippen LogP contribution is 2.15. The summed E-state index contributed by atoms with van der Waals surface area (Å²) in [6.45, 7) is 6.04. The number of aromatic nitrogens is 2. The van der Waals surface area contributed by atoms with Crippen molar-refractivity contribution in [3.63, 3.8) is 0 Å². The van der Waals surface area contributed by atoms with Crippen LogP contribution in [0.3, 0.4) is 0 Å². The van der Waals surface area contributed by atoms with E-state index in [0.717, 1.165) is 29.7 Å². The van der Waals surface area contributed by atoms with E-state index in [-0.39, 0.29) is 29.8 Å². The molecule has 0 atom stereocenters. The van der Waals surface area contributed by atoms with Gasteiger partial charge in [-0.3, -0.25) is 9.67 Å². The summed E-state index contributed by atoms with van der Waals surface area (Å²) in [6, 6.07) is 6.97. The smallest absolute Gasteiger partial charge is 0.191 e. The standard InChI is InChI=1S/C17H23BrFN5.HI/c1-12-9-13(2)24(23-12)8-4-7-21-17(20-3)22-11-14-10-15(18)5-6-16(14)19;/h5-6,9-10H,4,7-8,11H2,1-3H3,(H2,20,21,22);1H. The van der Waals surface area contributed by atoms with Crippen LogP contribution < -0.4 is 10.6 Å². The number of hydrogen-bond acceptors (Lipinski definition) is 2. The van der Waals surface area contributed by atoms with Gasteiger partial charge in [0.2, 0.25) is 0 Å². The van der Waals surface area contributed by atoms with Gasteiger partial charge >= 0.3 is 0 Å². The van der Waals surface area contributed by atoms with Crippen LogP contribution in [0.4, 0.5) is 4.39 Å². The van der Waals surface area contributed by atoms with Crippen LogP contribution in [0, 0.1) is 19.7 Å². The molecular formula is C17H24BrFIN5. The molecule has 2 N–H and O–H groups in total. The normalized spacial score (nSPS) is 11.2. The largest absolute Gasteiger partial charge is 0.356 e. The Labute approximate surface area is 173 Å². The van der Waals surface area contributed by atoms with E-state index in [1.165, 1.54) is 11.8 Å². The second kappa shape index (κ2) is 10.7. The molecule has 1 aromatic carbocycles. The molecule has 0 bridgehead atoms. The lowest BCUT2D eigenvalue weighted by atomic mass is 10.2. The van der Waals surface area contributed by atoms with E-state index in [1.807, 2.05) is 11.6 Å². The quantitative estimate of drug-likeness (QED) is 0.262. The summed E-state index contributed by atoms with van der Waals surface area (Å²) >= 11 is 3.35. The van der Waals surface area contributed by atoms with Gasteiger partial charge < -0.3 is 10.6 Å². The molecule has 0 unspecified atom stereocenters. The molecule has 1 heterocycles. The predicted molar refractivity (Wildman–Crippen MR) is 114 cm³/mol. The molecule has 0 spiro atoms. The molecule has 1 aromatic heterocycles. The van der Waals surface area contributed by atoms with Crippen molar-refractivity contribution in [2.24, 2.45) is 4.99 Å². The Balaban J connectivity index is 0.00000312. The van der Waals surface area contributed by atoms with Crippen LogP contribution >= 0.6 is 39.9 Å². The monoisotopic (exact) mass is 523 g/mol. The Morgan fingerprint density at radius 3 is 2.68 bits per heavy atom. The fourth-order valence-corrected chi connectivity index (χ4v) is 2.82. The zero-order chi connectivity index (χ0) is 17.5. The minimum Gasteiger partial charge on any atom is -0.356 e. The van der Waals surface area contributed by atoms with Gasteiger partial charge in [-0.1, -0.05) is 15.9 Å². The van der Waals surface area contributed by atoms with E-state index in [2.05, 4.69) is 49.6 Å². The number of aliphatic imine (C=N–C) groups is 1. The number of nitrogens with one attached hydrogen (secondary N) is 2. The fourth-order valence-electron chi connectivity index (χ4n) is 2.42. The Morgan fingerprint density at radius 2 is 2.04 bits per heavy atom. The van der Waals surface area contributed by atoms with Crippen LogP contribution in [-0.4, -0.2) is 29.3 Å². The number of halogens is 3. The number of benzene rings is 1. The minimum absolute atomic E-state index is 0. The fraction of sp³-hybridized carbons (Fsp3) is 0.412. The highest BCUT2D eigenvalue weighted by atomic mass is 127. The zero-order valence-electron chi connectivity index (χ0n) is 14.6. The average molecular weight is 524 g/mol. The molecule has 0 saturated heterocycles. The van der Waals surface area contributed by atoms with E-state index in [9.17, 15) is 4.39 Å². The molecule has 8 heteroatoms. The molecule has 138 valence electrons. The lowest BCUT2D eigenvalue weighted by Crippen LogP contribution is -2.37. The van der Waals surface area contributed by atoms with Gasteiger partial charge in [-0.2, -0.15) is 5.10 Å². The molecule has 0 aliphatic carbocycles. The summed E-state index contributed by atoms with van der Waals surface area (Å²) in [5, 5.41) is 10.8. The number of hydrogen-bond donors (Lipinski definition) is 2. The predicted octanol–water partition coefficient (Wildman–Crippen LogP) is 3.77. The Bertz CT molecular complexity index is 717. The SMILES string of the molecule is CN=C(NCCCn1nc(C)cc1C)NCc1cc(Br)ccc1F.I. The summed E-state index contributed by atoms with van der Waals surface area (Å²) in [5.41, 5.74) is 2.80.